The molecule has 130 valence electrons. The maximum atomic E-state index is 10.9. The van der Waals surface area contributed by atoms with Crippen LogP contribution in [0.15, 0.2) is 41.4 Å². The first kappa shape index (κ1) is 17.4. The van der Waals surface area contributed by atoms with Crippen LogP contribution in [0.2, 0.25) is 10.0 Å². The van der Waals surface area contributed by atoms with Crippen molar-refractivity contribution in [2.24, 2.45) is 4.99 Å². The van der Waals surface area contributed by atoms with Gasteiger partial charge in [-0.25, -0.2) is 9.79 Å². The molecule has 0 aromatic heterocycles. The Kier molecular flexibility index (Phi) is 5.31. The van der Waals surface area contributed by atoms with Crippen molar-refractivity contribution < 1.29 is 9.90 Å². The molecule has 2 aromatic carbocycles. The summed E-state index contributed by atoms with van der Waals surface area (Å²) in [6.45, 7) is 2.15. The zero-order valence-corrected chi connectivity index (χ0v) is 14.7. The first-order valence-corrected chi connectivity index (χ1v) is 8.40. The van der Waals surface area contributed by atoms with E-state index in [9.17, 15) is 4.79 Å². The molecular weight excluding hydrogens is 363 g/mol. The number of rotatable bonds is 5. The lowest BCUT2D eigenvalue weighted by Crippen LogP contribution is -2.23. The van der Waals surface area contributed by atoms with E-state index in [1.807, 2.05) is 0 Å². The van der Waals surface area contributed by atoms with Crippen LogP contribution >= 0.6 is 23.2 Å². The molecule has 0 saturated carbocycles. The van der Waals surface area contributed by atoms with Gasteiger partial charge in [0.15, 0.2) is 5.96 Å². The highest BCUT2D eigenvalue weighted by Gasteiger charge is 2.11. The van der Waals surface area contributed by atoms with Gasteiger partial charge in [0.1, 0.15) is 5.69 Å². The van der Waals surface area contributed by atoms with E-state index in [4.69, 9.17) is 28.3 Å². The van der Waals surface area contributed by atoms with Crippen molar-refractivity contribution in [3.8, 4) is 0 Å². The molecule has 0 unspecified atom stereocenters. The molecular formula is C17H16Cl2N4O2. The van der Waals surface area contributed by atoms with E-state index in [1.165, 1.54) is 0 Å². The fourth-order valence-corrected chi connectivity index (χ4v) is 2.93. The van der Waals surface area contributed by atoms with E-state index in [0.717, 1.165) is 24.3 Å². The predicted molar refractivity (Wildman–Crippen MR) is 100 cm³/mol. The third-order valence-electron chi connectivity index (χ3n) is 3.65. The molecule has 0 atom stereocenters. The van der Waals surface area contributed by atoms with Crippen molar-refractivity contribution in [2.75, 3.05) is 18.4 Å². The summed E-state index contributed by atoms with van der Waals surface area (Å²) in [4.78, 5) is 15.2. The van der Waals surface area contributed by atoms with Gasteiger partial charge in [-0.15, -0.1) is 0 Å². The molecule has 4 N–H and O–H groups in total. The summed E-state index contributed by atoms with van der Waals surface area (Å²) in [7, 11) is 0. The SMILES string of the molecule is O=C(O)c1ccc(CNc2cc(Cl)c(N=C3NCCN3)c(Cl)c2)cc1. The lowest BCUT2D eigenvalue weighted by atomic mass is 10.1. The average molecular weight is 379 g/mol. The Balaban J connectivity index is 1.71. The van der Waals surface area contributed by atoms with Crippen molar-refractivity contribution >= 4 is 46.5 Å². The maximum Gasteiger partial charge on any atom is 0.335 e. The van der Waals surface area contributed by atoms with Crippen LogP contribution in [-0.2, 0) is 6.54 Å². The van der Waals surface area contributed by atoms with E-state index in [-0.39, 0.29) is 5.56 Å². The van der Waals surface area contributed by atoms with Gasteiger partial charge in [-0.1, -0.05) is 35.3 Å². The number of hydrogen-bond acceptors (Lipinski definition) is 3. The van der Waals surface area contributed by atoms with Crippen LogP contribution in [-0.4, -0.2) is 30.1 Å². The Labute approximate surface area is 154 Å². The molecule has 25 heavy (non-hydrogen) atoms. The second kappa shape index (κ2) is 7.63. The number of aromatic carboxylic acids is 1. The third-order valence-corrected chi connectivity index (χ3v) is 4.22. The second-order valence-electron chi connectivity index (χ2n) is 5.46. The van der Waals surface area contributed by atoms with Gasteiger partial charge in [0.05, 0.1) is 15.6 Å². The third kappa shape index (κ3) is 4.35. The van der Waals surface area contributed by atoms with Crippen LogP contribution in [0.5, 0.6) is 0 Å². The standard InChI is InChI=1S/C17H16Cl2N4O2/c18-13-7-12(8-14(19)15(13)23-17-20-5-6-21-17)22-9-10-1-3-11(4-2-10)16(24)25/h1-4,7-8,22H,5-6,9H2,(H,24,25)(H2,20,21,23). The van der Waals surface area contributed by atoms with Gasteiger partial charge in [-0.3, -0.25) is 0 Å². The van der Waals surface area contributed by atoms with Crippen molar-refractivity contribution in [2.45, 2.75) is 6.54 Å². The summed E-state index contributed by atoms with van der Waals surface area (Å²) in [5.74, 6) is -0.287. The number of carbonyl (C=O) groups is 1. The van der Waals surface area contributed by atoms with Crippen LogP contribution < -0.4 is 16.0 Å². The summed E-state index contributed by atoms with van der Waals surface area (Å²) in [6.07, 6.45) is 0. The Hall–Kier alpha value is -2.44. The van der Waals surface area contributed by atoms with Crippen molar-refractivity contribution in [3.05, 3.63) is 57.6 Å². The van der Waals surface area contributed by atoms with Crippen LogP contribution in [0, 0.1) is 0 Å². The molecule has 1 saturated heterocycles. The summed E-state index contributed by atoms with van der Waals surface area (Å²) >= 11 is 12.6. The topological polar surface area (TPSA) is 85.8 Å². The van der Waals surface area contributed by atoms with E-state index >= 15 is 0 Å². The molecule has 0 bridgehead atoms. The summed E-state index contributed by atoms with van der Waals surface area (Å²) in [5, 5.41) is 19.2. The largest absolute Gasteiger partial charge is 0.478 e. The molecule has 0 amide bonds. The molecule has 0 aliphatic carbocycles. The minimum absolute atomic E-state index is 0.257. The normalized spacial score (nSPS) is 13.1. The highest BCUT2D eigenvalue weighted by atomic mass is 35.5. The Morgan fingerprint density at radius 3 is 2.28 bits per heavy atom. The van der Waals surface area contributed by atoms with Gasteiger partial charge in [-0.05, 0) is 29.8 Å². The first-order chi connectivity index (χ1) is 12.0. The summed E-state index contributed by atoms with van der Waals surface area (Å²) in [5.41, 5.74) is 2.47. The van der Waals surface area contributed by atoms with Gasteiger partial charge in [0, 0.05) is 25.3 Å². The minimum atomic E-state index is -0.943. The lowest BCUT2D eigenvalue weighted by molar-refractivity contribution is 0.0697. The number of halogens is 2. The molecule has 6 nitrogen and oxygen atoms in total. The Morgan fingerprint density at radius 2 is 1.72 bits per heavy atom. The molecule has 2 aromatic rings. The zero-order chi connectivity index (χ0) is 17.8. The highest BCUT2D eigenvalue weighted by molar-refractivity contribution is 6.39. The smallest absolute Gasteiger partial charge is 0.335 e. The van der Waals surface area contributed by atoms with Crippen LogP contribution in [0.1, 0.15) is 15.9 Å². The minimum Gasteiger partial charge on any atom is -0.478 e. The fourth-order valence-electron chi connectivity index (χ4n) is 2.36. The fraction of sp³-hybridized carbons (Fsp3) is 0.176. The number of nitrogens with one attached hydrogen (secondary N) is 3. The van der Waals surface area contributed by atoms with Gasteiger partial charge >= 0.3 is 5.97 Å². The number of carboxylic acids is 1. The quantitative estimate of drug-likeness (QED) is 0.639. The number of guanidine groups is 1. The first-order valence-electron chi connectivity index (χ1n) is 7.64. The van der Waals surface area contributed by atoms with Gasteiger partial charge in [0.2, 0.25) is 0 Å². The molecule has 1 fully saturated rings. The predicted octanol–water partition coefficient (Wildman–Crippen LogP) is 3.48. The molecule has 8 heteroatoms. The molecule has 3 rings (SSSR count). The lowest BCUT2D eigenvalue weighted by Gasteiger charge is -2.10. The van der Waals surface area contributed by atoms with Gasteiger partial charge in [0.25, 0.3) is 0 Å². The number of hydrogen-bond donors (Lipinski definition) is 4. The van der Waals surface area contributed by atoms with Crippen molar-refractivity contribution in [1.82, 2.24) is 10.6 Å². The maximum absolute atomic E-state index is 10.9. The van der Waals surface area contributed by atoms with Gasteiger partial charge < -0.3 is 21.1 Å². The average Bonchev–Trinajstić information content (AvgIpc) is 3.10. The number of anilines is 1. The van der Waals surface area contributed by atoms with Gasteiger partial charge in [-0.2, -0.15) is 0 Å². The summed E-state index contributed by atoms with van der Waals surface area (Å²) < 4.78 is 0. The number of benzene rings is 2. The monoisotopic (exact) mass is 378 g/mol. The van der Waals surface area contributed by atoms with E-state index < -0.39 is 5.97 Å². The second-order valence-corrected chi connectivity index (χ2v) is 6.27. The van der Waals surface area contributed by atoms with E-state index in [2.05, 4.69) is 20.9 Å². The molecule has 1 aliphatic heterocycles. The Bertz CT molecular complexity index is 791. The van der Waals surface area contributed by atoms with Crippen LogP contribution in [0.3, 0.4) is 0 Å². The Morgan fingerprint density at radius 1 is 1.12 bits per heavy atom. The van der Waals surface area contributed by atoms with E-state index in [1.54, 1.807) is 36.4 Å². The molecule has 1 aliphatic rings. The summed E-state index contributed by atoms with van der Waals surface area (Å²) in [6, 6.07) is 10.2. The molecule has 1 heterocycles. The van der Waals surface area contributed by atoms with Crippen LogP contribution in [0.4, 0.5) is 11.4 Å². The van der Waals surface area contributed by atoms with Crippen LogP contribution in [0.25, 0.3) is 0 Å². The number of aliphatic imine (C=N–C) groups is 1. The number of carboxylic acid groups (broad SMARTS) is 1. The molecule has 0 radical (unpaired) electrons. The van der Waals surface area contributed by atoms with Crippen molar-refractivity contribution in [3.63, 3.8) is 0 Å². The van der Waals surface area contributed by atoms with Crippen molar-refractivity contribution in [1.29, 1.82) is 0 Å². The highest BCUT2D eigenvalue weighted by Crippen LogP contribution is 2.36. The number of nitrogens with zero attached hydrogens (tertiary/aromatic N) is 1. The van der Waals surface area contributed by atoms with E-state index in [0.29, 0.717) is 28.2 Å². The molecule has 0 spiro atoms. The zero-order valence-electron chi connectivity index (χ0n) is 13.1.